The summed E-state index contributed by atoms with van der Waals surface area (Å²) in [6.45, 7) is 5.05. The Bertz CT molecular complexity index is 434. The Morgan fingerprint density at radius 1 is 1.33 bits per heavy atom. The number of rotatable bonds is 4. The molecule has 1 aliphatic carbocycles. The second-order valence-electron chi connectivity index (χ2n) is 5.27. The van der Waals surface area contributed by atoms with Crippen molar-refractivity contribution < 1.29 is 0 Å². The smallest absolute Gasteiger partial charge is 0.147 e. The summed E-state index contributed by atoms with van der Waals surface area (Å²) in [5.74, 6) is 0.994. The van der Waals surface area contributed by atoms with Crippen LogP contribution in [-0.2, 0) is 6.54 Å². The average Bonchev–Trinajstić information content (AvgIpc) is 3.22. The van der Waals surface area contributed by atoms with Crippen LogP contribution >= 0.6 is 0 Å². The maximum absolute atomic E-state index is 4.52. The number of aromatic nitrogens is 2. The number of nitrogens with one attached hydrogen (secondary N) is 1. The van der Waals surface area contributed by atoms with E-state index in [-0.39, 0.29) is 0 Å². The Hall–Kier alpha value is -1.42. The van der Waals surface area contributed by atoms with Crippen LogP contribution in [0.3, 0.4) is 0 Å². The van der Waals surface area contributed by atoms with Crippen LogP contribution in [-0.4, -0.2) is 29.1 Å². The minimum atomic E-state index is 0.724. The molecule has 0 spiro atoms. The van der Waals surface area contributed by atoms with Gasteiger partial charge in [-0.05, 0) is 26.2 Å². The second kappa shape index (κ2) is 5.06. The number of nitrogens with zero attached hydrogens (tertiary/aromatic N) is 3. The van der Waals surface area contributed by atoms with Gasteiger partial charge in [0.15, 0.2) is 0 Å². The van der Waals surface area contributed by atoms with Crippen LogP contribution in [0, 0.1) is 0 Å². The molecule has 1 aliphatic heterocycles. The van der Waals surface area contributed by atoms with Gasteiger partial charge in [0.2, 0.25) is 0 Å². The Kier molecular flexibility index (Phi) is 3.28. The maximum atomic E-state index is 4.52. The highest BCUT2D eigenvalue weighted by Crippen LogP contribution is 2.19. The Morgan fingerprint density at radius 3 is 2.83 bits per heavy atom. The van der Waals surface area contributed by atoms with Gasteiger partial charge in [0.1, 0.15) is 5.82 Å². The first-order valence-electron chi connectivity index (χ1n) is 6.76. The molecule has 0 aromatic carbocycles. The van der Waals surface area contributed by atoms with Gasteiger partial charge < -0.3 is 10.2 Å². The van der Waals surface area contributed by atoms with Crippen molar-refractivity contribution in [1.82, 2.24) is 15.3 Å². The summed E-state index contributed by atoms with van der Waals surface area (Å²) in [6.07, 6.45) is 9.82. The van der Waals surface area contributed by atoms with Crippen LogP contribution in [0.25, 0.3) is 0 Å². The number of hydrogen-bond acceptors (Lipinski definition) is 4. The van der Waals surface area contributed by atoms with Crippen molar-refractivity contribution in [3.63, 3.8) is 0 Å². The van der Waals surface area contributed by atoms with Gasteiger partial charge in [-0.3, -0.25) is 4.98 Å². The van der Waals surface area contributed by atoms with E-state index in [0.29, 0.717) is 0 Å². The van der Waals surface area contributed by atoms with E-state index >= 15 is 0 Å². The first-order valence-corrected chi connectivity index (χ1v) is 6.76. The predicted octanol–water partition coefficient (Wildman–Crippen LogP) is 1.89. The van der Waals surface area contributed by atoms with Crippen molar-refractivity contribution in [3.8, 4) is 0 Å². The highest BCUT2D eigenvalue weighted by Gasteiger charge is 2.20. The predicted molar refractivity (Wildman–Crippen MR) is 72.5 cm³/mol. The van der Waals surface area contributed by atoms with E-state index in [4.69, 9.17) is 0 Å². The zero-order valence-corrected chi connectivity index (χ0v) is 10.9. The molecule has 18 heavy (non-hydrogen) atoms. The van der Waals surface area contributed by atoms with Gasteiger partial charge in [0, 0.05) is 25.7 Å². The average molecular weight is 244 g/mol. The zero-order valence-electron chi connectivity index (χ0n) is 10.9. The Labute approximate surface area is 108 Å². The lowest BCUT2D eigenvalue weighted by molar-refractivity contribution is 0.670. The molecule has 0 radical (unpaired) electrons. The molecule has 0 atom stereocenters. The fourth-order valence-corrected chi connectivity index (χ4v) is 2.12. The summed E-state index contributed by atoms with van der Waals surface area (Å²) in [5.41, 5.74) is 2.51. The molecule has 1 aromatic rings. The normalized spacial score (nSPS) is 19.8. The fourth-order valence-electron chi connectivity index (χ4n) is 2.12. The van der Waals surface area contributed by atoms with E-state index < -0.39 is 0 Å². The molecule has 0 saturated heterocycles. The van der Waals surface area contributed by atoms with E-state index in [0.717, 1.165) is 43.6 Å². The maximum Gasteiger partial charge on any atom is 0.147 e. The van der Waals surface area contributed by atoms with Crippen LogP contribution in [0.2, 0.25) is 0 Å². The summed E-state index contributed by atoms with van der Waals surface area (Å²) in [6, 6.07) is 0.724. The second-order valence-corrected chi connectivity index (χ2v) is 5.27. The van der Waals surface area contributed by atoms with Gasteiger partial charge in [-0.25, -0.2) is 4.98 Å². The monoisotopic (exact) mass is 244 g/mol. The molecule has 4 nitrogen and oxygen atoms in total. The van der Waals surface area contributed by atoms with Gasteiger partial charge in [-0.1, -0.05) is 11.6 Å². The van der Waals surface area contributed by atoms with Crippen molar-refractivity contribution in [2.75, 3.05) is 18.0 Å². The molecule has 1 N–H and O–H groups in total. The molecule has 1 fully saturated rings. The molecule has 3 rings (SSSR count). The molecular weight excluding hydrogens is 224 g/mol. The van der Waals surface area contributed by atoms with Crippen LogP contribution in [0.15, 0.2) is 24.0 Å². The van der Waals surface area contributed by atoms with Gasteiger partial charge >= 0.3 is 0 Å². The van der Waals surface area contributed by atoms with Crippen molar-refractivity contribution >= 4 is 5.82 Å². The zero-order chi connectivity index (χ0) is 12.4. The molecule has 0 bridgehead atoms. The molecule has 96 valence electrons. The minimum Gasteiger partial charge on any atom is -0.351 e. The molecule has 2 heterocycles. The molecule has 0 unspecified atom stereocenters. The summed E-state index contributed by atoms with van der Waals surface area (Å²) < 4.78 is 0. The third-order valence-corrected chi connectivity index (χ3v) is 3.60. The summed E-state index contributed by atoms with van der Waals surface area (Å²) >= 11 is 0. The van der Waals surface area contributed by atoms with E-state index in [2.05, 4.69) is 33.2 Å². The highest BCUT2D eigenvalue weighted by molar-refractivity contribution is 5.38. The van der Waals surface area contributed by atoms with Gasteiger partial charge in [-0.2, -0.15) is 0 Å². The third kappa shape index (κ3) is 2.88. The summed E-state index contributed by atoms with van der Waals surface area (Å²) in [4.78, 5) is 11.3. The quantitative estimate of drug-likeness (QED) is 0.821. The van der Waals surface area contributed by atoms with E-state index in [1.54, 1.807) is 0 Å². The molecule has 1 saturated carbocycles. The van der Waals surface area contributed by atoms with Crippen molar-refractivity contribution in [1.29, 1.82) is 0 Å². The number of anilines is 1. The largest absolute Gasteiger partial charge is 0.351 e. The van der Waals surface area contributed by atoms with E-state index in [1.807, 2.05) is 12.4 Å². The SMILES string of the molecule is CC1=CCN(c2cnc(CNC3CC3)cn2)CC1. The Balaban J connectivity index is 1.59. The fraction of sp³-hybridized carbons (Fsp3) is 0.571. The standard InChI is InChI=1S/C14H20N4/c1-11-4-6-18(7-5-11)14-10-16-13(9-17-14)8-15-12-2-3-12/h4,9-10,12,15H,2-3,5-8H2,1H3. The number of hydrogen-bond donors (Lipinski definition) is 1. The molecule has 2 aliphatic rings. The summed E-state index contributed by atoms with van der Waals surface area (Å²) in [7, 11) is 0. The summed E-state index contributed by atoms with van der Waals surface area (Å²) in [5, 5.41) is 3.45. The lowest BCUT2D eigenvalue weighted by Gasteiger charge is -2.26. The topological polar surface area (TPSA) is 41.1 Å². The Morgan fingerprint density at radius 2 is 2.22 bits per heavy atom. The molecule has 1 aromatic heterocycles. The van der Waals surface area contributed by atoms with Gasteiger partial charge in [0.25, 0.3) is 0 Å². The first kappa shape index (κ1) is 11.7. The molecular formula is C14H20N4. The first-order chi connectivity index (χ1) is 8.81. The minimum absolute atomic E-state index is 0.724. The van der Waals surface area contributed by atoms with Crippen LogP contribution in [0.4, 0.5) is 5.82 Å². The highest BCUT2D eigenvalue weighted by atomic mass is 15.2. The van der Waals surface area contributed by atoms with Crippen LogP contribution in [0.5, 0.6) is 0 Å². The molecule has 4 heteroatoms. The van der Waals surface area contributed by atoms with Crippen molar-refractivity contribution in [2.24, 2.45) is 0 Å². The van der Waals surface area contributed by atoms with E-state index in [9.17, 15) is 0 Å². The van der Waals surface area contributed by atoms with Crippen molar-refractivity contribution in [3.05, 3.63) is 29.7 Å². The third-order valence-electron chi connectivity index (χ3n) is 3.60. The lowest BCUT2D eigenvalue weighted by atomic mass is 10.1. The van der Waals surface area contributed by atoms with Crippen molar-refractivity contribution in [2.45, 2.75) is 38.8 Å². The lowest BCUT2D eigenvalue weighted by Crippen LogP contribution is -2.29. The van der Waals surface area contributed by atoms with Gasteiger partial charge in [-0.15, -0.1) is 0 Å². The van der Waals surface area contributed by atoms with E-state index in [1.165, 1.54) is 18.4 Å². The van der Waals surface area contributed by atoms with Crippen LogP contribution < -0.4 is 10.2 Å². The van der Waals surface area contributed by atoms with Crippen LogP contribution in [0.1, 0.15) is 31.9 Å². The van der Waals surface area contributed by atoms with Gasteiger partial charge in [0.05, 0.1) is 18.1 Å². The molecule has 0 amide bonds.